The fourth-order valence-corrected chi connectivity index (χ4v) is 3.22. The Bertz CT molecular complexity index is 475. The van der Waals surface area contributed by atoms with Crippen LogP contribution in [0, 0.1) is 6.92 Å². The van der Waals surface area contributed by atoms with Gasteiger partial charge in [0.15, 0.2) is 0 Å². The summed E-state index contributed by atoms with van der Waals surface area (Å²) in [6, 6.07) is 8.18. The first-order valence-electron chi connectivity index (χ1n) is 7.42. The molecule has 1 heterocycles. The lowest BCUT2D eigenvalue weighted by molar-refractivity contribution is -0.123. The van der Waals surface area contributed by atoms with Gasteiger partial charge in [-0.1, -0.05) is 31.2 Å². The molecule has 4 nitrogen and oxygen atoms in total. The fraction of sp³-hybridized carbons (Fsp3) is 0.562. The molecule has 3 unspecified atom stereocenters. The van der Waals surface area contributed by atoms with Crippen LogP contribution in [0.25, 0.3) is 0 Å². The van der Waals surface area contributed by atoms with Crippen molar-refractivity contribution in [3.05, 3.63) is 35.4 Å². The SMILES string of the molecule is CCC(N)C(c1ccccc1C)N1CCCC1C(N)=O. The fourth-order valence-electron chi connectivity index (χ4n) is 3.22. The molecule has 0 radical (unpaired) electrons. The van der Waals surface area contributed by atoms with E-state index in [1.807, 2.05) is 12.1 Å². The number of carbonyl (C=O) groups excluding carboxylic acids is 1. The summed E-state index contributed by atoms with van der Waals surface area (Å²) in [5.41, 5.74) is 14.4. The molecule has 2 rings (SSSR count). The summed E-state index contributed by atoms with van der Waals surface area (Å²) in [7, 11) is 0. The van der Waals surface area contributed by atoms with Gasteiger partial charge in [-0.3, -0.25) is 9.69 Å². The van der Waals surface area contributed by atoms with E-state index in [1.54, 1.807) is 0 Å². The van der Waals surface area contributed by atoms with Crippen molar-refractivity contribution in [3.8, 4) is 0 Å². The molecule has 1 fully saturated rings. The maximum absolute atomic E-state index is 11.7. The Morgan fingerprint density at radius 1 is 1.45 bits per heavy atom. The van der Waals surface area contributed by atoms with E-state index >= 15 is 0 Å². The van der Waals surface area contributed by atoms with E-state index in [1.165, 1.54) is 11.1 Å². The van der Waals surface area contributed by atoms with Crippen molar-refractivity contribution in [2.75, 3.05) is 6.54 Å². The number of aryl methyl sites for hydroxylation is 1. The second kappa shape index (κ2) is 6.37. The number of likely N-dealkylation sites (tertiary alicyclic amines) is 1. The Kier molecular flexibility index (Phi) is 4.78. The van der Waals surface area contributed by atoms with E-state index < -0.39 is 0 Å². The van der Waals surface area contributed by atoms with Crippen LogP contribution in [0.15, 0.2) is 24.3 Å². The van der Waals surface area contributed by atoms with Crippen molar-refractivity contribution in [1.82, 2.24) is 4.90 Å². The minimum atomic E-state index is -0.232. The first kappa shape index (κ1) is 15.0. The number of carbonyl (C=O) groups is 1. The predicted octanol–water partition coefficient (Wildman–Crippen LogP) is 1.72. The molecule has 1 aromatic rings. The van der Waals surface area contributed by atoms with Crippen molar-refractivity contribution in [3.63, 3.8) is 0 Å². The molecule has 0 saturated carbocycles. The third-order valence-corrected chi connectivity index (χ3v) is 4.36. The highest BCUT2D eigenvalue weighted by Crippen LogP contribution is 2.33. The molecule has 1 aliphatic heterocycles. The highest BCUT2D eigenvalue weighted by Gasteiger charge is 2.37. The molecule has 1 saturated heterocycles. The predicted molar refractivity (Wildman–Crippen MR) is 81.1 cm³/mol. The van der Waals surface area contributed by atoms with Crippen molar-refractivity contribution in [1.29, 1.82) is 0 Å². The maximum Gasteiger partial charge on any atom is 0.234 e. The lowest BCUT2D eigenvalue weighted by Gasteiger charge is -2.36. The molecule has 0 aromatic heterocycles. The summed E-state index contributed by atoms with van der Waals surface area (Å²) < 4.78 is 0. The van der Waals surface area contributed by atoms with Crippen LogP contribution in [-0.2, 0) is 4.79 Å². The molecule has 1 aliphatic rings. The Balaban J connectivity index is 2.38. The zero-order chi connectivity index (χ0) is 14.7. The zero-order valence-electron chi connectivity index (χ0n) is 12.4. The first-order valence-corrected chi connectivity index (χ1v) is 7.42. The molecular formula is C16H25N3O. The smallest absolute Gasteiger partial charge is 0.234 e. The Hall–Kier alpha value is -1.39. The van der Waals surface area contributed by atoms with Gasteiger partial charge in [0, 0.05) is 6.04 Å². The number of rotatable bonds is 5. The molecule has 0 spiro atoms. The number of hydrogen-bond acceptors (Lipinski definition) is 3. The number of hydrogen-bond donors (Lipinski definition) is 2. The zero-order valence-corrected chi connectivity index (χ0v) is 12.4. The van der Waals surface area contributed by atoms with E-state index in [-0.39, 0.29) is 24.0 Å². The normalized spacial score (nSPS) is 22.6. The van der Waals surface area contributed by atoms with Crippen molar-refractivity contribution in [2.24, 2.45) is 11.5 Å². The van der Waals surface area contributed by atoms with Crippen molar-refractivity contribution in [2.45, 2.75) is 51.2 Å². The summed E-state index contributed by atoms with van der Waals surface area (Å²) in [6.45, 7) is 5.08. The molecule has 1 amide bonds. The van der Waals surface area contributed by atoms with Crippen LogP contribution in [0.5, 0.6) is 0 Å². The Labute approximate surface area is 121 Å². The average Bonchev–Trinajstić information content (AvgIpc) is 2.90. The highest BCUT2D eigenvalue weighted by molar-refractivity contribution is 5.80. The van der Waals surface area contributed by atoms with Crippen LogP contribution < -0.4 is 11.5 Å². The number of amides is 1. The van der Waals surface area contributed by atoms with Crippen molar-refractivity contribution < 1.29 is 4.79 Å². The van der Waals surface area contributed by atoms with E-state index in [9.17, 15) is 4.79 Å². The lowest BCUT2D eigenvalue weighted by atomic mass is 9.92. The summed E-state index contributed by atoms with van der Waals surface area (Å²) in [4.78, 5) is 13.9. The highest BCUT2D eigenvalue weighted by atomic mass is 16.1. The third kappa shape index (κ3) is 2.86. The largest absolute Gasteiger partial charge is 0.368 e. The van der Waals surface area contributed by atoms with Crippen molar-refractivity contribution >= 4 is 5.91 Å². The topological polar surface area (TPSA) is 72.3 Å². The number of benzene rings is 1. The van der Waals surface area contributed by atoms with Gasteiger partial charge in [0.05, 0.1) is 12.1 Å². The first-order chi connectivity index (χ1) is 9.56. The molecule has 110 valence electrons. The molecule has 20 heavy (non-hydrogen) atoms. The van der Waals surface area contributed by atoms with Gasteiger partial charge in [-0.25, -0.2) is 0 Å². The quantitative estimate of drug-likeness (QED) is 0.859. The Morgan fingerprint density at radius 3 is 2.75 bits per heavy atom. The molecule has 4 N–H and O–H groups in total. The number of primary amides is 1. The van der Waals surface area contributed by atoms with Gasteiger partial charge in [0.2, 0.25) is 5.91 Å². The van der Waals surface area contributed by atoms with Gasteiger partial charge in [0.25, 0.3) is 0 Å². The molecule has 3 atom stereocenters. The van der Waals surface area contributed by atoms with Crippen LogP contribution in [0.3, 0.4) is 0 Å². The van der Waals surface area contributed by atoms with Gasteiger partial charge >= 0.3 is 0 Å². The second-order valence-corrected chi connectivity index (χ2v) is 5.67. The Morgan fingerprint density at radius 2 is 2.15 bits per heavy atom. The third-order valence-electron chi connectivity index (χ3n) is 4.36. The second-order valence-electron chi connectivity index (χ2n) is 5.67. The van der Waals surface area contributed by atoms with Gasteiger partial charge in [-0.15, -0.1) is 0 Å². The number of nitrogens with two attached hydrogens (primary N) is 2. The van der Waals surface area contributed by atoms with E-state index in [0.29, 0.717) is 0 Å². The molecule has 1 aromatic carbocycles. The summed E-state index contributed by atoms with van der Waals surface area (Å²) in [5, 5.41) is 0. The lowest BCUT2D eigenvalue weighted by Crippen LogP contribution is -2.48. The summed E-state index contributed by atoms with van der Waals surface area (Å²) in [5.74, 6) is -0.232. The number of nitrogens with zero attached hydrogens (tertiary/aromatic N) is 1. The van der Waals surface area contributed by atoms with E-state index in [0.717, 1.165) is 25.8 Å². The molecule has 0 aliphatic carbocycles. The average molecular weight is 275 g/mol. The minimum Gasteiger partial charge on any atom is -0.368 e. The molecular weight excluding hydrogens is 250 g/mol. The monoisotopic (exact) mass is 275 g/mol. The molecule has 0 bridgehead atoms. The van der Waals surface area contributed by atoms with Crippen LogP contribution in [-0.4, -0.2) is 29.4 Å². The van der Waals surface area contributed by atoms with Crippen LogP contribution >= 0.6 is 0 Å². The van der Waals surface area contributed by atoms with E-state index in [4.69, 9.17) is 11.5 Å². The standard InChI is InChI=1S/C16H25N3O/c1-3-13(17)15(12-8-5-4-7-11(12)2)19-10-6-9-14(19)16(18)20/h4-5,7-8,13-15H,3,6,9-10,17H2,1-2H3,(H2,18,20). The van der Waals surface area contributed by atoms with Gasteiger partial charge in [-0.2, -0.15) is 0 Å². The van der Waals surface area contributed by atoms with Crippen LogP contribution in [0.4, 0.5) is 0 Å². The van der Waals surface area contributed by atoms with Crippen LogP contribution in [0.1, 0.15) is 43.4 Å². The summed E-state index contributed by atoms with van der Waals surface area (Å²) >= 11 is 0. The van der Waals surface area contributed by atoms with Gasteiger partial charge in [-0.05, 0) is 43.9 Å². The van der Waals surface area contributed by atoms with Gasteiger partial charge in [0.1, 0.15) is 0 Å². The molecule has 4 heteroatoms. The van der Waals surface area contributed by atoms with Crippen LogP contribution in [0.2, 0.25) is 0 Å². The minimum absolute atomic E-state index is 0.0102. The van der Waals surface area contributed by atoms with E-state index in [2.05, 4.69) is 30.9 Å². The summed E-state index contributed by atoms with van der Waals surface area (Å²) in [6.07, 6.45) is 2.72. The maximum atomic E-state index is 11.7. The van der Waals surface area contributed by atoms with Gasteiger partial charge < -0.3 is 11.5 Å².